The van der Waals surface area contributed by atoms with Gasteiger partial charge in [-0.15, -0.1) is 0 Å². The molecule has 1 aromatic carbocycles. The van der Waals surface area contributed by atoms with E-state index in [-0.39, 0.29) is 5.91 Å². The number of fused-ring (bicyclic) bond motifs is 2. The van der Waals surface area contributed by atoms with Crippen LogP contribution >= 0.6 is 0 Å². The van der Waals surface area contributed by atoms with Crippen LogP contribution < -0.4 is 10.6 Å². The number of carbonyl (C=O) groups excluding carboxylic acids is 1. The highest BCUT2D eigenvalue weighted by Gasteiger charge is 2.39. The largest absolute Gasteiger partial charge is 0.324 e. The van der Waals surface area contributed by atoms with Gasteiger partial charge < -0.3 is 10.6 Å². The van der Waals surface area contributed by atoms with Gasteiger partial charge in [0.2, 0.25) is 5.91 Å². The normalized spacial score (nSPS) is 27.9. The number of benzene rings is 1. The van der Waals surface area contributed by atoms with Crippen molar-refractivity contribution in [3.8, 4) is 0 Å². The van der Waals surface area contributed by atoms with Crippen LogP contribution in [0.3, 0.4) is 0 Å². The van der Waals surface area contributed by atoms with Crippen LogP contribution in [-0.4, -0.2) is 33.9 Å². The van der Waals surface area contributed by atoms with Crippen molar-refractivity contribution in [2.24, 2.45) is 11.8 Å². The highest BCUT2D eigenvalue weighted by atomic mass is 16.1. The lowest BCUT2D eigenvalue weighted by atomic mass is 9.92. The monoisotopic (exact) mass is 285 g/mol. The Bertz CT molecular complexity index is 667. The van der Waals surface area contributed by atoms with Crippen LogP contribution in [0.4, 0.5) is 5.69 Å². The minimum atomic E-state index is 0.0514. The quantitative estimate of drug-likeness (QED) is 0.801. The van der Waals surface area contributed by atoms with Gasteiger partial charge in [-0.3, -0.25) is 4.79 Å². The van der Waals surface area contributed by atoms with Crippen molar-refractivity contribution < 1.29 is 4.79 Å². The van der Waals surface area contributed by atoms with E-state index in [1.165, 1.54) is 19.3 Å². The Morgan fingerprint density at radius 2 is 2.29 bits per heavy atom. The van der Waals surface area contributed by atoms with Crippen molar-refractivity contribution in [3.63, 3.8) is 0 Å². The van der Waals surface area contributed by atoms with Gasteiger partial charge in [-0.2, -0.15) is 15.4 Å². The van der Waals surface area contributed by atoms with Crippen molar-refractivity contribution in [1.82, 2.24) is 20.7 Å². The molecule has 2 aromatic rings. The number of amides is 1. The SMILES string of the molecule is O=C(C[C@@H]1NC[C@@H]2CCC[C@@H]21)Nc1cccc2n[nH]nc12. The number of hydrogen-bond donors (Lipinski definition) is 3. The molecule has 110 valence electrons. The van der Waals surface area contributed by atoms with E-state index in [9.17, 15) is 4.79 Å². The summed E-state index contributed by atoms with van der Waals surface area (Å²) in [6.45, 7) is 1.07. The number of aromatic nitrogens is 3. The first kappa shape index (κ1) is 12.8. The molecule has 1 aliphatic heterocycles. The topological polar surface area (TPSA) is 82.7 Å². The molecule has 0 unspecified atom stereocenters. The minimum Gasteiger partial charge on any atom is -0.324 e. The molecule has 0 spiro atoms. The third-order valence-corrected chi connectivity index (χ3v) is 4.90. The molecule has 6 nitrogen and oxygen atoms in total. The molecule has 2 heterocycles. The van der Waals surface area contributed by atoms with Crippen LogP contribution in [0.5, 0.6) is 0 Å². The molecule has 1 aromatic heterocycles. The summed E-state index contributed by atoms with van der Waals surface area (Å²) in [5.74, 6) is 1.51. The zero-order valence-electron chi connectivity index (χ0n) is 11.8. The van der Waals surface area contributed by atoms with Crippen LogP contribution in [0.25, 0.3) is 11.0 Å². The Hall–Kier alpha value is -1.95. The summed E-state index contributed by atoms with van der Waals surface area (Å²) in [5.41, 5.74) is 2.21. The van der Waals surface area contributed by atoms with E-state index in [1.807, 2.05) is 18.2 Å². The highest BCUT2D eigenvalue weighted by molar-refractivity contribution is 5.99. The number of carbonyl (C=O) groups is 1. The maximum absolute atomic E-state index is 12.3. The number of hydrogen-bond acceptors (Lipinski definition) is 4. The Kier molecular flexibility index (Phi) is 3.11. The number of nitrogens with one attached hydrogen (secondary N) is 3. The van der Waals surface area contributed by atoms with E-state index in [2.05, 4.69) is 26.0 Å². The molecule has 1 amide bonds. The molecule has 4 rings (SSSR count). The Labute approximate surface area is 122 Å². The molecule has 1 saturated carbocycles. The lowest BCUT2D eigenvalue weighted by Gasteiger charge is -2.17. The smallest absolute Gasteiger partial charge is 0.226 e. The van der Waals surface area contributed by atoms with Gasteiger partial charge in [0.15, 0.2) is 0 Å². The standard InChI is InChI=1S/C15H19N5O/c21-14(7-13-10-4-1-3-9(10)8-16-13)17-11-5-2-6-12-15(11)19-20-18-12/h2,5-6,9-10,13,16H,1,3-4,7-8H2,(H,17,21)(H,18,19,20)/t9-,10-,13-/m0/s1. The third kappa shape index (κ3) is 2.29. The van der Waals surface area contributed by atoms with E-state index >= 15 is 0 Å². The number of H-pyrrole nitrogens is 1. The Balaban J connectivity index is 1.45. The second kappa shape index (κ2) is 5.11. The summed E-state index contributed by atoms with van der Waals surface area (Å²) < 4.78 is 0. The number of nitrogens with zero attached hydrogens (tertiary/aromatic N) is 2. The van der Waals surface area contributed by atoms with Crippen molar-refractivity contribution >= 4 is 22.6 Å². The molecule has 6 heteroatoms. The van der Waals surface area contributed by atoms with Crippen LogP contribution in [0.15, 0.2) is 18.2 Å². The highest BCUT2D eigenvalue weighted by Crippen LogP contribution is 2.38. The fourth-order valence-electron chi connectivity index (χ4n) is 3.90. The maximum Gasteiger partial charge on any atom is 0.226 e. The first-order chi connectivity index (χ1) is 10.3. The summed E-state index contributed by atoms with van der Waals surface area (Å²) in [5, 5.41) is 17.2. The molecule has 1 saturated heterocycles. The lowest BCUT2D eigenvalue weighted by Crippen LogP contribution is -2.31. The van der Waals surface area contributed by atoms with E-state index < -0.39 is 0 Å². The van der Waals surface area contributed by atoms with Crippen LogP contribution in [-0.2, 0) is 4.79 Å². The second-order valence-corrected chi connectivity index (χ2v) is 6.12. The van der Waals surface area contributed by atoms with E-state index in [4.69, 9.17) is 0 Å². The number of anilines is 1. The average molecular weight is 285 g/mol. The van der Waals surface area contributed by atoms with Gasteiger partial charge in [-0.1, -0.05) is 12.5 Å². The van der Waals surface area contributed by atoms with Gasteiger partial charge in [0.1, 0.15) is 11.0 Å². The predicted octanol–water partition coefficient (Wildman–Crippen LogP) is 1.67. The minimum absolute atomic E-state index is 0.0514. The number of aromatic amines is 1. The molecule has 0 bridgehead atoms. The Morgan fingerprint density at radius 3 is 3.24 bits per heavy atom. The molecule has 0 radical (unpaired) electrons. The number of para-hydroxylation sites is 1. The van der Waals surface area contributed by atoms with Gasteiger partial charge >= 0.3 is 0 Å². The average Bonchev–Trinajstić information content (AvgIpc) is 3.16. The fourth-order valence-corrected chi connectivity index (χ4v) is 3.90. The first-order valence-corrected chi connectivity index (χ1v) is 7.64. The molecule has 2 fully saturated rings. The van der Waals surface area contributed by atoms with E-state index in [0.717, 1.165) is 23.7 Å². The maximum atomic E-state index is 12.3. The summed E-state index contributed by atoms with van der Waals surface area (Å²) in [6.07, 6.45) is 4.42. The molecule has 3 atom stereocenters. The number of rotatable bonds is 3. The molecular formula is C15H19N5O. The summed E-state index contributed by atoms with van der Waals surface area (Å²) >= 11 is 0. The van der Waals surface area contributed by atoms with Crippen LogP contribution in [0.2, 0.25) is 0 Å². The predicted molar refractivity (Wildman–Crippen MR) is 79.8 cm³/mol. The van der Waals surface area contributed by atoms with Crippen molar-refractivity contribution in [2.75, 3.05) is 11.9 Å². The zero-order chi connectivity index (χ0) is 14.2. The summed E-state index contributed by atoms with van der Waals surface area (Å²) in [7, 11) is 0. The zero-order valence-corrected chi connectivity index (χ0v) is 11.8. The van der Waals surface area contributed by atoms with Crippen molar-refractivity contribution in [1.29, 1.82) is 0 Å². The van der Waals surface area contributed by atoms with Gasteiger partial charge in [0, 0.05) is 12.5 Å². The molecule has 3 N–H and O–H groups in total. The van der Waals surface area contributed by atoms with E-state index in [0.29, 0.717) is 23.9 Å². The molecule has 1 aliphatic carbocycles. The lowest BCUT2D eigenvalue weighted by molar-refractivity contribution is -0.116. The fraction of sp³-hybridized carbons (Fsp3) is 0.533. The van der Waals surface area contributed by atoms with E-state index in [1.54, 1.807) is 0 Å². The van der Waals surface area contributed by atoms with Crippen molar-refractivity contribution in [2.45, 2.75) is 31.7 Å². The van der Waals surface area contributed by atoms with Crippen LogP contribution in [0, 0.1) is 11.8 Å². The second-order valence-electron chi connectivity index (χ2n) is 6.12. The van der Waals surface area contributed by atoms with Crippen LogP contribution in [0.1, 0.15) is 25.7 Å². The summed E-state index contributed by atoms with van der Waals surface area (Å²) in [4.78, 5) is 12.3. The molecule has 2 aliphatic rings. The third-order valence-electron chi connectivity index (χ3n) is 4.90. The van der Waals surface area contributed by atoms with Gasteiger partial charge in [-0.05, 0) is 43.4 Å². The van der Waals surface area contributed by atoms with Gasteiger partial charge in [0.05, 0.1) is 5.69 Å². The first-order valence-electron chi connectivity index (χ1n) is 7.64. The van der Waals surface area contributed by atoms with Gasteiger partial charge in [-0.25, -0.2) is 0 Å². The molecular weight excluding hydrogens is 266 g/mol. The van der Waals surface area contributed by atoms with Crippen molar-refractivity contribution in [3.05, 3.63) is 18.2 Å². The van der Waals surface area contributed by atoms with Gasteiger partial charge in [0.25, 0.3) is 0 Å². The summed E-state index contributed by atoms with van der Waals surface area (Å²) in [6, 6.07) is 5.94. The molecule has 21 heavy (non-hydrogen) atoms. The Morgan fingerprint density at radius 1 is 1.33 bits per heavy atom.